The van der Waals surface area contributed by atoms with Crippen molar-refractivity contribution in [2.24, 2.45) is 0 Å². The van der Waals surface area contributed by atoms with Crippen molar-refractivity contribution in [3.05, 3.63) is 35.1 Å². The van der Waals surface area contributed by atoms with Gasteiger partial charge in [-0.3, -0.25) is 9.89 Å². The number of carbonyl (C=O) groups is 1. The highest BCUT2D eigenvalue weighted by molar-refractivity contribution is 6.31. The third-order valence-electron chi connectivity index (χ3n) is 2.72. The zero-order chi connectivity index (χ0) is 13.8. The summed E-state index contributed by atoms with van der Waals surface area (Å²) < 4.78 is 1.85. The van der Waals surface area contributed by atoms with Gasteiger partial charge in [-0.1, -0.05) is 11.6 Å². The molecule has 0 aromatic carbocycles. The Hall–Kier alpha value is -1.82. The largest absolute Gasteiger partial charge is 0.350 e. The van der Waals surface area contributed by atoms with Crippen LogP contribution >= 0.6 is 11.6 Å². The van der Waals surface area contributed by atoms with Crippen LogP contribution in [0.15, 0.2) is 18.6 Å². The fraction of sp³-hybridized carbons (Fsp3) is 0.417. The number of H-pyrrole nitrogens is 1. The van der Waals surface area contributed by atoms with Crippen molar-refractivity contribution >= 4 is 17.5 Å². The lowest BCUT2D eigenvalue weighted by Gasteiger charge is -2.12. The number of carbonyl (C=O) groups excluding carboxylic acids is 1. The molecule has 2 aromatic rings. The molecule has 0 radical (unpaired) electrons. The van der Waals surface area contributed by atoms with E-state index in [1.165, 1.54) is 6.33 Å². The number of amides is 1. The van der Waals surface area contributed by atoms with E-state index in [0.717, 1.165) is 5.82 Å². The fourth-order valence-corrected chi connectivity index (χ4v) is 2.00. The van der Waals surface area contributed by atoms with E-state index in [0.29, 0.717) is 23.7 Å². The summed E-state index contributed by atoms with van der Waals surface area (Å²) in [5.74, 6) is 0.609. The highest BCUT2D eigenvalue weighted by Crippen LogP contribution is 2.18. The number of aromatic nitrogens is 4. The topological polar surface area (TPSA) is 75.6 Å². The second-order valence-corrected chi connectivity index (χ2v) is 4.92. The molecule has 0 bridgehead atoms. The molecule has 2 heterocycles. The summed E-state index contributed by atoms with van der Waals surface area (Å²) >= 11 is 5.94. The van der Waals surface area contributed by atoms with Gasteiger partial charge in [0.25, 0.3) is 5.91 Å². The van der Waals surface area contributed by atoms with Gasteiger partial charge >= 0.3 is 0 Å². The maximum absolute atomic E-state index is 12.1. The molecule has 19 heavy (non-hydrogen) atoms. The molecule has 0 fully saturated rings. The van der Waals surface area contributed by atoms with Crippen molar-refractivity contribution in [1.82, 2.24) is 25.1 Å². The van der Waals surface area contributed by atoms with Gasteiger partial charge in [0.05, 0.1) is 5.02 Å². The monoisotopic (exact) mass is 281 g/mol. The molecule has 0 spiro atoms. The minimum absolute atomic E-state index is 0.139. The Morgan fingerprint density at radius 1 is 1.58 bits per heavy atom. The number of hydrogen-bond acceptors (Lipinski definition) is 3. The smallest absolute Gasteiger partial charge is 0.267 e. The highest BCUT2D eigenvalue weighted by atomic mass is 35.5. The van der Waals surface area contributed by atoms with Crippen LogP contribution in [0, 0.1) is 0 Å². The van der Waals surface area contributed by atoms with Crippen LogP contribution in [0.4, 0.5) is 0 Å². The molecule has 0 unspecified atom stereocenters. The van der Waals surface area contributed by atoms with Gasteiger partial charge in [-0.15, -0.1) is 0 Å². The van der Waals surface area contributed by atoms with Crippen LogP contribution in [0.5, 0.6) is 0 Å². The molecule has 6 nitrogen and oxygen atoms in total. The summed E-state index contributed by atoms with van der Waals surface area (Å²) in [5.41, 5.74) is 0.567. The van der Waals surface area contributed by atoms with Gasteiger partial charge in [-0.05, 0) is 19.9 Å². The van der Waals surface area contributed by atoms with Gasteiger partial charge in [0.1, 0.15) is 17.8 Å². The number of aromatic amines is 1. The molecule has 1 amide bonds. The second kappa shape index (κ2) is 5.88. The minimum Gasteiger partial charge on any atom is -0.350 e. The van der Waals surface area contributed by atoms with Crippen molar-refractivity contribution in [1.29, 1.82) is 0 Å². The van der Waals surface area contributed by atoms with Crippen LogP contribution in [-0.4, -0.2) is 32.2 Å². The lowest BCUT2D eigenvalue weighted by molar-refractivity contribution is 0.0943. The van der Waals surface area contributed by atoms with E-state index in [4.69, 9.17) is 11.6 Å². The summed E-state index contributed by atoms with van der Waals surface area (Å²) in [5, 5.41) is 9.90. The Kier molecular flexibility index (Phi) is 4.21. The predicted octanol–water partition coefficient (Wildman–Crippen LogP) is 1.81. The lowest BCUT2D eigenvalue weighted by Crippen LogP contribution is -2.28. The zero-order valence-electron chi connectivity index (χ0n) is 10.9. The van der Waals surface area contributed by atoms with Gasteiger partial charge in [0.2, 0.25) is 0 Å². The molecular weight excluding hydrogens is 266 g/mol. The third-order valence-corrected chi connectivity index (χ3v) is 2.92. The van der Waals surface area contributed by atoms with Gasteiger partial charge in [-0.2, -0.15) is 5.10 Å². The second-order valence-electron chi connectivity index (χ2n) is 4.48. The summed E-state index contributed by atoms with van der Waals surface area (Å²) in [6.07, 6.45) is 3.82. The Morgan fingerprint density at radius 3 is 3.00 bits per heavy atom. The van der Waals surface area contributed by atoms with Crippen LogP contribution < -0.4 is 5.32 Å². The van der Waals surface area contributed by atoms with E-state index in [1.54, 1.807) is 12.3 Å². The number of hydrogen-bond donors (Lipinski definition) is 2. The predicted molar refractivity (Wildman–Crippen MR) is 72.2 cm³/mol. The average Bonchev–Trinajstić information content (AvgIpc) is 2.98. The first-order chi connectivity index (χ1) is 9.08. The molecule has 0 aliphatic carbocycles. The van der Waals surface area contributed by atoms with E-state index in [9.17, 15) is 4.79 Å². The van der Waals surface area contributed by atoms with Crippen LogP contribution in [0.2, 0.25) is 5.02 Å². The Labute approximate surface area is 116 Å². The van der Waals surface area contributed by atoms with E-state index in [-0.39, 0.29) is 11.9 Å². The molecule has 7 heteroatoms. The quantitative estimate of drug-likeness (QED) is 0.878. The summed E-state index contributed by atoms with van der Waals surface area (Å²) in [7, 11) is 0. The molecule has 0 aliphatic heterocycles. The average molecular weight is 282 g/mol. The molecule has 0 atom stereocenters. The Morgan fingerprint density at radius 2 is 2.37 bits per heavy atom. The van der Waals surface area contributed by atoms with Gasteiger partial charge in [-0.25, -0.2) is 4.98 Å². The molecular formula is C12H16ClN5O. The first-order valence-corrected chi connectivity index (χ1v) is 6.45. The SMILES string of the molecule is CC(C)n1cc(Cl)cc1C(=O)NCCc1ncn[nH]1. The number of halogens is 1. The van der Waals surface area contributed by atoms with Crippen molar-refractivity contribution in [3.8, 4) is 0 Å². The summed E-state index contributed by atoms with van der Waals surface area (Å²) in [6, 6.07) is 1.85. The van der Waals surface area contributed by atoms with Crippen LogP contribution in [-0.2, 0) is 6.42 Å². The van der Waals surface area contributed by atoms with Gasteiger partial charge in [0.15, 0.2) is 0 Å². The Balaban J connectivity index is 1.96. The van der Waals surface area contributed by atoms with Crippen molar-refractivity contribution in [2.45, 2.75) is 26.3 Å². The normalized spacial score (nSPS) is 10.9. The molecule has 0 saturated heterocycles. The van der Waals surface area contributed by atoms with Crippen molar-refractivity contribution in [3.63, 3.8) is 0 Å². The Bertz CT molecular complexity index is 546. The minimum atomic E-state index is -0.139. The third kappa shape index (κ3) is 3.35. The summed E-state index contributed by atoms with van der Waals surface area (Å²) in [6.45, 7) is 4.50. The van der Waals surface area contributed by atoms with Gasteiger partial charge in [0, 0.05) is 25.2 Å². The van der Waals surface area contributed by atoms with Crippen LogP contribution in [0.1, 0.15) is 36.2 Å². The molecule has 2 aromatic heterocycles. The van der Waals surface area contributed by atoms with Crippen LogP contribution in [0.3, 0.4) is 0 Å². The molecule has 0 aliphatic rings. The lowest BCUT2D eigenvalue weighted by atomic mass is 10.3. The first kappa shape index (κ1) is 13.6. The maximum Gasteiger partial charge on any atom is 0.267 e. The highest BCUT2D eigenvalue weighted by Gasteiger charge is 2.14. The van der Waals surface area contributed by atoms with E-state index in [1.807, 2.05) is 18.4 Å². The van der Waals surface area contributed by atoms with E-state index >= 15 is 0 Å². The first-order valence-electron chi connectivity index (χ1n) is 6.07. The maximum atomic E-state index is 12.1. The molecule has 102 valence electrons. The van der Waals surface area contributed by atoms with Crippen molar-refractivity contribution < 1.29 is 4.79 Å². The number of nitrogens with zero attached hydrogens (tertiary/aromatic N) is 3. The fourth-order valence-electron chi connectivity index (χ4n) is 1.79. The number of nitrogens with one attached hydrogen (secondary N) is 2. The summed E-state index contributed by atoms with van der Waals surface area (Å²) in [4.78, 5) is 16.1. The van der Waals surface area contributed by atoms with Crippen molar-refractivity contribution in [2.75, 3.05) is 6.54 Å². The van der Waals surface area contributed by atoms with Crippen LogP contribution in [0.25, 0.3) is 0 Å². The molecule has 0 saturated carbocycles. The van der Waals surface area contributed by atoms with E-state index in [2.05, 4.69) is 20.5 Å². The molecule has 2 N–H and O–H groups in total. The van der Waals surface area contributed by atoms with Gasteiger partial charge < -0.3 is 9.88 Å². The number of rotatable bonds is 5. The molecule has 2 rings (SSSR count). The van der Waals surface area contributed by atoms with E-state index < -0.39 is 0 Å². The zero-order valence-corrected chi connectivity index (χ0v) is 11.6. The standard InChI is InChI=1S/C12H16ClN5O/c1-8(2)18-6-9(13)5-10(18)12(19)14-4-3-11-15-7-16-17-11/h5-8H,3-4H2,1-2H3,(H,14,19)(H,15,16,17).